The topological polar surface area (TPSA) is 83.8 Å². The van der Waals surface area contributed by atoms with Crippen molar-refractivity contribution in [2.45, 2.75) is 64.7 Å². The lowest BCUT2D eigenvalue weighted by molar-refractivity contribution is -0.139. The Morgan fingerprint density at radius 1 is 1.21 bits per heavy atom. The highest BCUT2D eigenvalue weighted by molar-refractivity contribution is 7.85. The van der Waals surface area contributed by atoms with E-state index in [0.717, 1.165) is 0 Å². The van der Waals surface area contributed by atoms with Crippen LogP contribution in [0.1, 0.15) is 59.8 Å². The zero-order chi connectivity index (χ0) is 21.4. The fraction of sp³-hybridized carbons (Fsp3) is 0.696. The van der Waals surface area contributed by atoms with Crippen molar-refractivity contribution < 1.29 is 24.0 Å². The number of carbonyl (C=O) groups is 1. The van der Waals surface area contributed by atoms with E-state index in [-0.39, 0.29) is 16.9 Å². The number of hydrogen-bond acceptors (Lipinski definition) is 4. The van der Waals surface area contributed by atoms with Gasteiger partial charge in [0.25, 0.3) is 0 Å². The van der Waals surface area contributed by atoms with Crippen LogP contribution in [0, 0.1) is 28.6 Å². The Morgan fingerprint density at radius 3 is 2.62 bits per heavy atom. The van der Waals surface area contributed by atoms with E-state index in [0.29, 0.717) is 33.8 Å². The van der Waals surface area contributed by atoms with Crippen molar-refractivity contribution in [2.75, 3.05) is 12.4 Å². The minimum Gasteiger partial charge on any atom is -0.508 e. The van der Waals surface area contributed by atoms with Crippen LogP contribution in [0.4, 0.5) is 0 Å². The SMILES string of the molecule is CC1CCC2C(C)(C)CCCC2(C)C1CS(=O)c1cc(O)cc(OCC(=O)O)c1. The third-order valence-corrected chi connectivity index (χ3v) is 8.96. The van der Waals surface area contributed by atoms with Gasteiger partial charge in [0.1, 0.15) is 11.5 Å². The summed E-state index contributed by atoms with van der Waals surface area (Å²) in [5.74, 6) is 1.14. The number of carboxylic acids is 1. The van der Waals surface area contributed by atoms with Gasteiger partial charge >= 0.3 is 5.97 Å². The second-order valence-electron chi connectivity index (χ2n) is 9.92. The molecule has 0 amide bonds. The molecule has 2 saturated carbocycles. The second kappa shape index (κ2) is 8.29. The molecule has 0 aromatic heterocycles. The van der Waals surface area contributed by atoms with Gasteiger partial charge in [0.2, 0.25) is 0 Å². The maximum Gasteiger partial charge on any atom is 0.341 e. The number of aromatic hydroxyl groups is 1. The average Bonchev–Trinajstić information content (AvgIpc) is 2.61. The first-order valence-electron chi connectivity index (χ1n) is 10.6. The van der Waals surface area contributed by atoms with Gasteiger partial charge in [-0.2, -0.15) is 0 Å². The number of rotatable bonds is 6. The van der Waals surface area contributed by atoms with Gasteiger partial charge in [-0.3, -0.25) is 4.21 Å². The largest absolute Gasteiger partial charge is 0.508 e. The van der Waals surface area contributed by atoms with E-state index in [4.69, 9.17) is 9.84 Å². The molecule has 2 aliphatic rings. The van der Waals surface area contributed by atoms with Crippen molar-refractivity contribution in [3.05, 3.63) is 18.2 Å². The van der Waals surface area contributed by atoms with Gasteiger partial charge in [-0.25, -0.2) is 4.79 Å². The van der Waals surface area contributed by atoms with Gasteiger partial charge in [-0.15, -0.1) is 0 Å². The van der Waals surface area contributed by atoms with E-state index < -0.39 is 23.4 Å². The molecule has 0 bridgehead atoms. The zero-order valence-electron chi connectivity index (χ0n) is 17.9. The molecule has 0 spiro atoms. The Labute approximate surface area is 176 Å². The average molecular weight is 423 g/mol. The quantitative estimate of drug-likeness (QED) is 0.685. The van der Waals surface area contributed by atoms with E-state index >= 15 is 0 Å². The summed E-state index contributed by atoms with van der Waals surface area (Å²) in [4.78, 5) is 11.2. The first-order valence-corrected chi connectivity index (χ1v) is 11.9. The van der Waals surface area contributed by atoms with E-state index in [1.807, 2.05) is 0 Å². The number of fused-ring (bicyclic) bond motifs is 1. The number of ether oxygens (including phenoxy) is 1. The molecule has 5 unspecified atom stereocenters. The van der Waals surface area contributed by atoms with Crippen LogP contribution in [0.15, 0.2) is 23.1 Å². The number of benzene rings is 1. The normalized spacial score (nSPS) is 32.2. The molecule has 5 nitrogen and oxygen atoms in total. The predicted octanol–water partition coefficient (Wildman–Crippen LogP) is 4.84. The highest BCUT2D eigenvalue weighted by atomic mass is 32.2. The number of aliphatic carboxylic acids is 1. The van der Waals surface area contributed by atoms with Gasteiger partial charge < -0.3 is 14.9 Å². The molecule has 0 heterocycles. The Kier molecular flexibility index (Phi) is 6.32. The molecule has 0 aliphatic heterocycles. The molecule has 29 heavy (non-hydrogen) atoms. The lowest BCUT2D eigenvalue weighted by atomic mass is 9.47. The maximum absolute atomic E-state index is 13.3. The van der Waals surface area contributed by atoms with Crippen LogP contribution in [0.5, 0.6) is 11.5 Å². The van der Waals surface area contributed by atoms with Crippen LogP contribution in [0.2, 0.25) is 0 Å². The third kappa shape index (κ3) is 4.62. The van der Waals surface area contributed by atoms with E-state index in [2.05, 4.69) is 27.7 Å². The van der Waals surface area contributed by atoms with Gasteiger partial charge in [-0.05, 0) is 60.0 Å². The highest BCUT2D eigenvalue weighted by Crippen LogP contribution is 2.61. The maximum atomic E-state index is 13.3. The summed E-state index contributed by atoms with van der Waals surface area (Å²) < 4.78 is 18.5. The molecule has 5 atom stereocenters. The van der Waals surface area contributed by atoms with Crippen molar-refractivity contribution in [2.24, 2.45) is 28.6 Å². The van der Waals surface area contributed by atoms with E-state index in [9.17, 15) is 14.1 Å². The number of phenols is 1. The fourth-order valence-electron chi connectivity index (χ4n) is 6.14. The molecule has 3 rings (SSSR count). The summed E-state index contributed by atoms with van der Waals surface area (Å²) in [6.07, 6.45) is 6.06. The summed E-state index contributed by atoms with van der Waals surface area (Å²) in [6.45, 7) is 8.97. The van der Waals surface area contributed by atoms with Crippen LogP contribution >= 0.6 is 0 Å². The van der Waals surface area contributed by atoms with Gasteiger partial charge in [0.15, 0.2) is 6.61 Å². The summed E-state index contributed by atoms with van der Waals surface area (Å²) in [5, 5.41) is 18.8. The zero-order valence-corrected chi connectivity index (χ0v) is 18.8. The standard InChI is InChI=1S/C23H34O5S/c1-15-6-7-20-22(2,3)8-5-9-23(20,4)19(15)14-29(27)18-11-16(24)10-17(12-18)28-13-21(25)26/h10-12,15,19-20,24H,5-9,13-14H2,1-4H3,(H,25,26). The summed E-state index contributed by atoms with van der Waals surface area (Å²) in [7, 11) is -1.29. The molecule has 0 saturated heterocycles. The molecule has 1 aromatic rings. The number of carboxylic acid groups (broad SMARTS) is 1. The molecule has 2 fully saturated rings. The van der Waals surface area contributed by atoms with E-state index in [1.165, 1.54) is 44.2 Å². The monoisotopic (exact) mass is 422 g/mol. The molecular weight excluding hydrogens is 388 g/mol. The van der Waals surface area contributed by atoms with Crippen molar-refractivity contribution in [3.8, 4) is 11.5 Å². The van der Waals surface area contributed by atoms with Crippen molar-refractivity contribution in [3.63, 3.8) is 0 Å². The van der Waals surface area contributed by atoms with Crippen molar-refractivity contribution in [1.29, 1.82) is 0 Å². The summed E-state index contributed by atoms with van der Waals surface area (Å²) >= 11 is 0. The molecule has 162 valence electrons. The Bertz CT molecular complexity index is 789. The first kappa shape index (κ1) is 22.1. The fourth-order valence-corrected chi connectivity index (χ4v) is 7.87. The highest BCUT2D eigenvalue weighted by Gasteiger charge is 2.53. The molecule has 6 heteroatoms. The van der Waals surface area contributed by atoms with Crippen LogP contribution in [-0.2, 0) is 15.6 Å². The Morgan fingerprint density at radius 2 is 1.93 bits per heavy atom. The van der Waals surface area contributed by atoms with Crippen LogP contribution in [-0.4, -0.2) is 32.8 Å². The van der Waals surface area contributed by atoms with Gasteiger partial charge in [-0.1, -0.05) is 40.5 Å². The molecular formula is C23H34O5S. The smallest absolute Gasteiger partial charge is 0.341 e. The summed E-state index contributed by atoms with van der Waals surface area (Å²) in [5.41, 5.74) is 0.490. The lowest BCUT2D eigenvalue weighted by Gasteiger charge is -2.59. The third-order valence-electron chi connectivity index (χ3n) is 7.54. The van der Waals surface area contributed by atoms with Crippen LogP contribution < -0.4 is 4.74 Å². The molecule has 2 N–H and O–H groups in total. The van der Waals surface area contributed by atoms with E-state index in [1.54, 1.807) is 6.07 Å². The summed E-state index contributed by atoms with van der Waals surface area (Å²) in [6, 6.07) is 4.45. The Hall–Kier alpha value is -1.56. The van der Waals surface area contributed by atoms with Crippen LogP contribution in [0.3, 0.4) is 0 Å². The van der Waals surface area contributed by atoms with Gasteiger partial charge in [0.05, 0.1) is 10.8 Å². The van der Waals surface area contributed by atoms with Crippen LogP contribution in [0.25, 0.3) is 0 Å². The minimum atomic E-state index is -1.29. The van der Waals surface area contributed by atoms with Crippen molar-refractivity contribution >= 4 is 16.8 Å². The first-order chi connectivity index (χ1) is 13.5. The molecule has 1 aromatic carbocycles. The lowest BCUT2D eigenvalue weighted by Crippen LogP contribution is -2.52. The minimum absolute atomic E-state index is 0.0594. The number of hydrogen-bond donors (Lipinski definition) is 2. The van der Waals surface area contributed by atoms with Crippen molar-refractivity contribution in [1.82, 2.24) is 0 Å². The molecule has 0 radical (unpaired) electrons. The van der Waals surface area contributed by atoms with Gasteiger partial charge in [0, 0.05) is 16.7 Å². The second-order valence-corrected chi connectivity index (χ2v) is 11.4. The predicted molar refractivity (Wildman–Crippen MR) is 114 cm³/mol. The Balaban J connectivity index is 1.82. The number of phenolic OH excluding ortho intramolecular Hbond substituents is 1. The molecule has 2 aliphatic carbocycles.